The highest BCUT2D eigenvalue weighted by Gasteiger charge is 2.30. The van der Waals surface area contributed by atoms with E-state index in [1.54, 1.807) is 0 Å². The second kappa shape index (κ2) is 4.63. The maximum Gasteiger partial charge on any atom is 0.0108 e. The summed E-state index contributed by atoms with van der Waals surface area (Å²) < 4.78 is 0. The van der Waals surface area contributed by atoms with Gasteiger partial charge in [0.25, 0.3) is 0 Å². The summed E-state index contributed by atoms with van der Waals surface area (Å²) in [5.41, 5.74) is 0. The molecule has 0 amide bonds. The van der Waals surface area contributed by atoms with Crippen LogP contribution in [0, 0.1) is 11.8 Å². The lowest BCUT2D eigenvalue weighted by Crippen LogP contribution is -2.34. The quantitative estimate of drug-likeness (QED) is 0.687. The fourth-order valence-electron chi connectivity index (χ4n) is 2.84. The predicted octanol–water partition coefficient (Wildman–Crippen LogP) is 1.72. The van der Waals surface area contributed by atoms with Gasteiger partial charge in [-0.05, 0) is 44.2 Å². The van der Waals surface area contributed by atoms with E-state index in [0.29, 0.717) is 0 Å². The Bertz CT molecular complexity index is 163. The summed E-state index contributed by atoms with van der Waals surface area (Å²) in [6.45, 7) is 9.94. The lowest BCUT2D eigenvalue weighted by molar-refractivity contribution is 0.215. The molecule has 2 rings (SSSR count). The van der Waals surface area contributed by atoms with Crippen LogP contribution in [0.15, 0.2) is 0 Å². The maximum atomic E-state index is 3.50. The van der Waals surface area contributed by atoms with Crippen molar-refractivity contribution >= 4 is 0 Å². The van der Waals surface area contributed by atoms with E-state index < -0.39 is 0 Å². The van der Waals surface area contributed by atoms with E-state index in [2.05, 4.69) is 24.1 Å². The minimum atomic E-state index is 0.873. The van der Waals surface area contributed by atoms with Crippen LogP contribution < -0.4 is 5.32 Å². The first-order valence-corrected chi connectivity index (χ1v) is 6.22. The molecule has 0 aromatic rings. The molecule has 0 aromatic heterocycles. The van der Waals surface area contributed by atoms with Gasteiger partial charge >= 0.3 is 0 Å². The van der Waals surface area contributed by atoms with Crippen LogP contribution in [0.5, 0.6) is 0 Å². The molecule has 2 heteroatoms. The first-order chi connectivity index (χ1) is 6.77. The molecular formula is C12H24N2. The molecule has 0 aromatic carbocycles. The van der Waals surface area contributed by atoms with Crippen molar-refractivity contribution in [3.63, 3.8) is 0 Å². The van der Waals surface area contributed by atoms with Gasteiger partial charge in [0.05, 0.1) is 0 Å². The van der Waals surface area contributed by atoms with Crippen LogP contribution in [0.4, 0.5) is 0 Å². The normalized spacial score (nSPS) is 41.1. The van der Waals surface area contributed by atoms with Crippen LogP contribution in [0.2, 0.25) is 0 Å². The molecule has 82 valence electrons. The van der Waals surface area contributed by atoms with E-state index in [-0.39, 0.29) is 0 Å². The van der Waals surface area contributed by atoms with Gasteiger partial charge in [-0.3, -0.25) is 4.90 Å². The minimum absolute atomic E-state index is 0.873. The van der Waals surface area contributed by atoms with Crippen molar-refractivity contribution in [1.82, 2.24) is 10.2 Å². The third kappa shape index (κ3) is 2.29. The molecule has 2 aliphatic heterocycles. The third-order valence-corrected chi connectivity index (χ3v) is 4.08. The molecule has 3 unspecified atom stereocenters. The molecule has 2 fully saturated rings. The zero-order valence-corrected chi connectivity index (χ0v) is 9.63. The standard InChI is InChI=1S/C12H24N2/c1-10-8-14(9-11(10)2)12-4-3-6-13-7-5-12/h10-13H,3-9H2,1-2H3. The second-order valence-electron chi connectivity index (χ2n) is 5.24. The largest absolute Gasteiger partial charge is 0.317 e. The molecular weight excluding hydrogens is 172 g/mol. The minimum Gasteiger partial charge on any atom is -0.317 e. The van der Waals surface area contributed by atoms with Gasteiger partial charge in [-0.2, -0.15) is 0 Å². The zero-order chi connectivity index (χ0) is 9.97. The van der Waals surface area contributed by atoms with Crippen LogP contribution in [-0.4, -0.2) is 37.1 Å². The number of nitrogens with one attached hydrogen (secondary N) is 1. The lowest BCUT2D eigenvalue weighted by Gasteiger charge is -2.26. The summed E-state index contributed by atoms with van der Waals surface area (Å²) in [6.07, 6.45) is 4.13. The summed E-state index contributed by atoms with van der Waals surface area (Å²) >= 11 is 0. The van der Waals surface area contributed by atoms with Crippen molar-refractivity contribution in [3.8, 4) is 0 Å². The Morgan fingerprint density at radius 1 is 1.00 bits per heavy atom. The van der Waals surface area contributed by atoms with E-state index in [9.17, 15) is 0 Å². The fourth-order valence-corrected chi connectivity index (χ4v) is 2.84. The number of rotatable bonds is 1. The van der Waals surface area contributed by atoms with Gasteiger partial charge in [-0.1, -0.05) is 13.8 Å². The molecule has 1 N–H and O–H groups in total. The summed E-state index contributed by atoms with van der Waals surface area (Å²) in [7, 11) is 0. The average Bonchev–Trinajstić information content (AvgIpc) is 2.46. The Morgan fingerprint density at radius 2 is 1.71 bits per heavy atom. The van der Waals surface area contributed by atoms with E-state index in [4.69, 9.17) is 0 Å². The van der Waals surface area contributed by atoms with Crippen LogP contribution in [-0.2, 0) is 0 Å². The molecule has 14 heavy (non-hydrogen) atoms. The van der Waals surface area contributed by atoms with Crippen molar-refractivity contribution < 1.29 is 0 Å². The van der Waals surface area contributed by atoms with E-state index in [1.165, 1.54) is 45.4 Å². The molecule has 2 saturated heterocycles. The van der Waals surface area contributed by atoms with Crippen LogP contribution in [0.3, 0.4) is 0 Å². The highest BCUT2D eigenvalue weighted by molar-refractivity contribution is 4.85. The first-order valence-electron chi connectivity index (χ1n) is 6.22. The Kier molecular flexibility index (Phi) is 3.45. The molecule has 0 radical (unpaired) electrons. The molecule has 2 aliphatic rings. The van der Waals surface area contributed by atoms with Gasteiger partial charge in [-0.15, -0.1) is 0 Å². The third-order valence-electron chi connectivity index (χ3n) is 4.08. The number of hydrogen-bond acceptors (Lipinski definition) is 2. The topological polar surface area (TPSA) is 15.3 Å². The summed E-state index contributed by atoms with van der Waals surface area (Å²) in [5, 5.41) is 3.50. The van der Waals surface area contributed by atoms with Crippen LogP contribution in [0.1, 0.15) is 33.1 Å². The van der Waals surface area contributed by atoms with Crippen molar-refractivity contribution in [1.29, 1.82) is 0 Å². The van der Waals surface area contributed by atoms with Gasteiger partial charge in [0.15, 0.2) is 0 Å². The van der Waals surface area contributed by atoms with Crippen molar-refractivity contribution in [2.45, 2.75) is 39.2 Å². The molecule has 3 atom stereocenters. The molecule has 0 spiro atoms. The molecule has 2 heterocycles. The lowest BCUT2D eigenvalue weighted by atomic mass is 10.0. The van der Waals surface area contributed by atoms with E-state index >= 15 is 0 Å². The van der Waals surface area contributed by atoms with Gasteiger partial charge in [0.1, 0.15) is 0 Å². The summed E-state index contributed by atoms with van der Waals surface area (Å²) in [4.78, 5) is 2.74. The van der Waals surface area contributed by atoms with Crippen molar-refractivity contribution in [3.05, 3.63) is 0 Å². The van der Waals surface area contributed by atoms with Gasteiger partial charge in [0.2, 0.25) is 0 Å². The molecule has 0 aliphatic carbocycles. The summed E-state index contributed by atoms with van der Waals surface area (Å²) in [5.74, 6) is 1.82. The fraction of sp³-hybridized carbons (Fsp3) is 1.00. The number of hydrogen-bond donors (Lipinski definition) is 1. The number of nitrogens with zero attached hydrogens (tertiary/aromatic N) is 1. The highest BCUT2D eigenvalue weighted by Crippen LogP contribution is 2.26. The van der Waals surface area contributed by atoms with Crippen LogP contribution >= 0.6 is 0 Å². The average molecular weight is 196 g/mol. The zero-order valence-electron chi connectivity index (χ0n) is 9.63. The predicted molar refractivity (Wildman–Crippen MR) is 60.4 cm³/mol. The van der Waals surface area contributed by atoms with Gasteiger partial charge in [0, 0.05) is 19.1 Å². The van der Waals surface area contributed by atoms with Crippen molar-refractivity contribution in [2.24, 2.45) is 11.8 Å². The monoisotopic (exact) mass is 196 g/mol. The van der Waals surface area contributed by atoms with Gasteiger partial charge < -0.3 is 5.32 Å². The first kappa shape index (κ1) is 10.4. The molecule has 0 saturated carbocycles. The second-order valence-corrected chi connectivity index (χ2v) is 5.24. The summed E-state index contributed by atoms with van der Waals surface area (Å²) in [6, 6.07) is 0.873. The maximum absolute atomic E-state index is 3.50. The Hall–Kier alpha value is -0.0800. The smallest absolute Gasteiger partial charge is 0.0108 e. The Balaban J connectivity index is 1.88. The number of likely N-dealkylation sites (tertiary alicyclic amines) is 1. The Morgan fingerprint density at radius 3 is 2.43 bits per heavy atom. The van der Waals surface area contributed by atoms with Crippen molar-refractivity contribution in [2.75, 3.05) is 26.2 Å². The van der Waals surface area contributed by atoms with E-state index in [1.807, 2.05) is 0 Å². The highest BCUT2D eigenvalue weighted by atomic mass is 15.2. The van der Waals surface area contributed by atoms with Gasteiger partial charge in [-0.25, -0.2) is 0 Å². The van der Waals surface area contributed by atoms with E-state index in [0.717, 1.165) is 17.9 Å². The van der Waals surface area contributed by atoms with Crippen LogP contribution in [0.25, 0.3) is 0 Å². The molecule has 2 nitrogen and oxygen atoms in total. The SMILES string of the molecule is CC1CN(C2CCCNCC2)CC1C. The Labute approximate surface area is 88.1 Å². The molecule has 0 bridgehead atoms.